The highest BCUT2D eigenvalue weighted by atomic mass is 16.6. The summed E-state index contributed by atoms with van der Waals surface area (Å²) >= 11 is 0. The maximum absolute atomic E-state index is 13.5. The predicted octanol–water partition coefficient (Wildman–Crippen LogP) is 3.38. The first-order chi connectivity index (χ1) is 15.9. The number of benzene rings is 2. The second kappa shape index (κ2) is 6.65. The van der Waals surface area contributed by atoms with Crippen LogP contribution in [0.25, 0.3) is 33.1 Å². The summed E-state index contributed by atoms with van der Waals surface area (Å²) in [4.78, 5) is 30.8. The third-order valence-corrected chi connectivity index (χ3v) is 7.21. The summed E-state index contributed by atoms with van der Waals surface area (Å²) in [5.74, 6) is -0.718. The average Bonchev–Trinajstić information content (AvgIpc) is 3.19. The van der Waals surface area contributed by atoms with Gasteiger partial charge in [0.15, 0.2) is 5.60 Å². The number of nitrogen functional groups attached to an aromatic ring is 1. The Kier molecular flexibility index (Phi) is 4.02. The summed E-state index contributed by atoms with van der Waals surface area (Å²) in [5.41, 5.74) is 9.82. The number of nitrogens with two attached hydrogens (primary N) is 1. The van der Waals surface area contributed by atoms with E-state index in [0.29, 0.717) is 29.1 Å². The predicted molar refractivity (Wildman–Crippen MR) is 126 cm³/mol. The van der Waals surface area contributed by atoms with E-state index in [9.17, 15) is 14.7 Å². The number of pyridine rings is 2. The molecule has 2 aromatic heterocycles. The van der Waals surface area contributed by atoms with Crippen LogP contribution in [0.15, 0.2) is 41.2 Å². The second-order valence-corrected chi connectivity index (χ2v) is 8.78. The molecule has 7 heteroatoms. The quantitative estimate of drug-likeness (QED) is 0.247. The van der Waals surface area contributed by atoms with E-state index in [1.54, 1.807) is 17.6 Å². The SMILES string of the molecule is CCc1c2c(nc3ccc4c(N)cccc4c13)-c1cc3c(c(=O)n1C2)COC(=O)[C@]3(O)CC. The van der Waals surface area contributed by atoms with E-state index in [-0.39, 0.29) is 18.6 Å². The van der Waals surface area contributed by atoms with Crippen molar-refractivity contribution in [1.29, 1.82) is 0 Å². The lowest BCUT2D eigenvalue weighted by Crippen LogP contribution is -2.44. The van der Waals surface area contributed by atoms with Gasteiger partial charge >= 0.3 is 5.97 Å². The van der Waals surface area contributed by atoms with E-state index in [4.69, 9.17) is 15.5 Å². The van der Waals surface area contributed by atoms with Gasteiger partial charge in [-0.2, -0.15) is 0 Å². The van der Waals surface area contributed by atoms with Gasteiger partial charge in [-0.15, -0.1) is 0 Å². The monoisotopic (exact) mass is 441 g/mol. The first-order valence-electron chi connectivity index (χ1n) is 11.2. The van der Waals surface area contributed by atoms with Crippen molar-refractivity contribution in [2.24, 2.45) is 0 Å². The van der Waals surface area contributed by atoms with E-state index < -0.39 is 11.6 Å². The lowest BCUT2D eigenvalue weighted by atomic mass is 9.86. The van der Waals surface area contributed by atoms with Gasteiger partial charge in [-0.25, -0.2) is 9.78 Å². The number of carbonyl (C=O) groups is 1. The molecule has 2 aliphatic rings. The van der Waals surface area contributed by atoms with Crippen molar-refractivity contribution in [2.75, 3.05) is 5.73 Å². The molecule has 0 fully saturated rings. The number of fused-ring (bicyclic) bond motifs is 7. The van der Waals surface area contributed by atoms with Gasteiger partial charge in [0.2, 0.25) is 0 Å². The zero-order valence-corrected chi connectivity index (χ0v) is 18.4. The van der Waals surface area contributed by atoms with E-state index in [1.165, 1.54) is 0 Å². The summed E-state index contributed by atoms with van der Waals surface area (Å²) in [6, 6.07) is 11.6. The van der Waals surface area contributed by atoms with Gasteiger partial charge in [0.1, 0.15) is 6.61 Å². The van der Waals surface area contributed by atoms with Crippen LogP contribution in [-0.4, -0.2) is 20.6 Å². The molecular weight excluding hydrogens is 418 g/mol. The molecule has 33 heavy (non-hydrogen) atoms. The van der Waals surface area contributed by atoms with Crippen LogP contribution in [-0.2, 0) is 34.7 Å². The van der Waals surface area contributed by atoms with Crippen LogP contribution in [0.3, 0.4) is 0 Å². The zero-order chi connectivity index (χ0) is 23.1. The van der Waals surface area contributed by atoms with Gasteiger partial charge in [0.05, 0.1) is 29.0 Å². The Balaban J connectivity index is 1.69. The van der Waals surface area contributed by atoms with Gasteiger partial charge in [0, 0.05) is 27.6 Å². The highest BCUT2D eigenvalue weighted by Crippen LogP contribution is 2.41. The van der Waals surface area contributed by atoms with Gasteiger partial charge in [-0.1, -0.05) is 32.0 Å². The topological polar surface area (TPSA) is 107 Å². The van der Waals surface area contributed by atoms with Crippen molar-refractivity contribution < 1.29 is 14.6 Å². The summed E-state index contributed by atoms with van der Waals surface area (Å²) in [7, 11) is 0. The lowest BCUT2D eigenvalue weighted by molar-refractivity contribution is -0.172. The number of rotatable bonds is 2. The van der Waals surface area contributed by atoms with E-state index in [2.05, 4.69) is 13.0 Å². The van der Waals surface area contributed by atoms with Crippen molar-refractivity contribution in [3.8, 4) is 11.4 Å². The smallest absolute Gasteiger partial charge is 0.343 e. The number of anilines is 1. The highest BCUT2D eigenvalue weighted by Gasteiger charge is 2.45. The number of aryl methyl sites for hydroxylation is 1. The van der Waals surface area contributed by atoms with Crippen LogP contribution >= 0.6 is 0 Å². The summed E-state index contributed by atoms with van der Waals surface area (Å²) in [6.45, 7) is 4.05. The minimum Gasteiger partial charge on any atom is -0.458 e. The van der Waals surface area contributed by atoms with Crippen molar-refractivity contribution in [2.45, 2.75) is 45.4 Å². The molecule has 0 radical (unpaired) electrons. The van der Waals surface area contributed by atoms with Crippen LogP contribution in [0.4, 0.5) is 5.69 Å². The molecule has 2 aliphatic heterocycles. The molecule has 0 aliphatic carbocycles. The van der Waals surface area contributed by atoms with Crippen molar-refractivity contribution in [3.63, 3.8) is 0 Å². The number of hydrogen-bond acceptors (Lipinski definition) is 6. The van der Waals surface area contributed by atoms with E-state index in [0.717, 1.165) is 44.9 Å². The van der Waals surface area contributed by atoms with Gasteiger partial charge in [-0.3, -0.25) is 4.79 Å². The zero-order valence-electron chi connectivity index (χ0n) is 18.4. The minimum absolute atomic E-state index is 0.118. The first-order valence-corrected chi connectivity index (χ1v) is 11.2. The molecule has 7 nitrogen and oxygen atoms in total. The number of aliphatic hydroxyl groups is 1. The first kappa shape index (κ1) is 19.9. The molecular formula is C26H23N3O4. The number of carbonyl (C=O) groups excluding carboxylic acids is 1. The maximum atomic E-state index is 13.5. The molecule has 0 unspecified atom stereocenters. The third-order valence-electron chi connectivity index (χ3n) is 7.21. The van der Waals surface area contributed by atoms with E-state index in [1.807, 2.05) is 24.3 Å². The van der Waals surface area contributed by atoms with E-state index >= 15 is 0 Å². The summed E-state index contributed by atoms with van der Waals surface area (Å²) in [5, 5.41) is 14.1. The molecule has 4 heterocycles. The van der Waals surface area contributed by atoms with Crippen molar-refractivity contribution in [1.82, 2.24) is 9.55 Å². The number of aromatic nitrogens is 2. The Bertz CT molecular complexity index is 1590. The fraction of sp³-hybridized carbons (Fsp3) is 0.269. The third kappa shape index (κ3) is 2.45. The standard InChI is InChI=1S/C26H23N3O4/c1-3-13-16-11-29-21(10-18-17(24(29)30)12-33-25(31)26(18,32)4-2)23(16)28-20-9-8-14-15(22(13)20)6-5-7-19(14)27/h5-10,32H,3-4,11-12,27H2,1-2H3/t26-/m0/s1. The number of hydrogen-bond donors (Lipinski definition) is 2. The molecule has 0 saturated heterocycles. The molecule has 3 N–H and O–H groups in total. The second-order valence-electron chi connectivity index (χ2n) is 8.78. The van der Waals surface area contributed by atoms with Crippen LogP contribution in [0.1, 0.15) is 42.5 Å². The number of cyclic esters (lactones) is 1. The fourth-order valence-electron chi connectivity index (χ4n) is 5.45. The Morgan fingerprint density at radius 3 is 2.73 bits per heavy atom. The van der Waals surface area contributed by atoms with Crippen LogP contribution in [0, 0.1) is 0 Å². The maximum Gasteiger partial charge on any atom is 0.343 e. The highest BCUT2D eigenvalue weighted by molar-refractivity contribution is 6.12. The molecule has 4 aromatic rings. The lowest BCUT2D eigenvalue weighted by Gasteiger charge is -2.31. The Morgan fingerprint density at radius 1 is 1.15 bits per heavy atom. The molecule has 166 valence electrons. The van der Waals surface area contributed by atoms with Crippen molar-refractivity contribution in [3.05, 3.63) is 69.0 Å². The van der Waals surface area contributed by atoms with Gasteiger partial charge in [0.25, 0.3) is 5.56 Å². The molecule has 2 aromatic carbocycles. The molecule has 0 saturated carbocycles. The minimum atomic E-state index is -1.83. The number of esters is 1. The normalized spacial score (nSPS) is 18.8. The summed E-state index contributed by atoms with van der Waals surface area (Å²) < 4.78 is 6.85. The molecule has 1 atom stereocenters. The summed E-state index contributed by atoms with van der Waals surface area (Å²) in [6.07, 6.45) is 0.881. The molecule has 0 amide bonds. The average molecular weight is 441 g/mol. The Labute approximate surface area is 189 Å². The van der Waals surface area contributed by atoms with Gasteiger partial charge in [-0.05, 0) is 42.0 Å². The van der Waals surface area contributed by atoms with Crippen LogP contribution < -0.4 is 11.3 Å². The van der Waals surface area contributed by atoms with Crippen molar-refractivity contribution >= 4 is 33.3 Å². The van der Waals surface area contributed by atoms with Gasteiger partial charge < -0.3 is 20.1 Å². The number of nitrogens with zero attached hydrogens (tertiary/aromatic N) is 2. The molecule has 0 bridgehead atoms. The fourth-order valence-corrected chi connectivity index (χ4v) is 5.45. The van der Waals surface area contributed by atoms with Crippen LogP contribution in [0.2, 0.25) is 0 Å². The molecule has 6 rings (SSSR count). The Hall–Kier alpha value is -3.71. The number of ether oxygens (including phenoxy) is 1. The Morgan fingerprint density at radius 2 is 1.97 bits per heavy atom. The van der Waals surface area contributed by atoms with Crippen LogP contribution in [0.5, 0.6) is 0 Å². The molecule has 0 spiro atoms. The largest absolute Gasteiger partial charge is 0.458 e.